The van der Waals surface area contributed by atoms with Crippen molar-refractivity contribution < 1.29 is 4.52 Å². The van der Waals surface area contributed by atoms with Gasteiger partial charge in [0.15, 0.2) is 0 Å². The molecule has 0 saturated heterocycles. The Hall–Kier alpha value is -1.39. The Balaban J connectivity index is 1.85. The van der Waals surface area contributed by atoms with Crippen LogP contribution in [0.3, 0.4) is 0 Å². The van der Waals surface area contributed by atoms with E-state index in [0.717, 1.165) is 37.2 Å². The highest BCUT2D eigenvalue weighted by molar-refractivity contribution is 6.30. The van der Waals surface area contributed by atoms with Crippen LogP contribution in [0.15, 0.2) is 28.8 Å². The summed E-state index contributed by atoms with van der Waals surface area (Å²) < 4.78 is 5.41. The third kappa shape index (κ3) is 2.58. The van der Waals surface area contributed by atoms with Crippen molar-refractivity contribution in [3.8, 4) is 11.4 Å². The van der Waals surface area contributed by atoms with E-state index in [-0.39, 0.29) is 0 Å². The van der Waals surface area contributed by atoms with E-state index in [0.29, 0.717) is 16.7 Å². The lowest BCUT2D eigenvalue weighted by atomic mass is 9.78. The molecule has 3 rings (SSSR count). The summed E-state index contributed by atoms with van der Waals surface area (Å²) in [5.74, 6) is 1.85. The molecule has 1 heterocycles. The molecule has 0 aliphatic heterocycles. The van der Waals surface area contributed by atoms with Crippen molar-refractivity contribution >= 4 is 11.6 Å². The molecule has 1 saturated carbocycles. The van der Waals surface area contributed by atoms with Crippen molar-refractivity contribution in [3.63, 3.8) is 0 Å². The number of hydrogen-bond donors (Lipinski definition) is 1. The summed E-state index contributed by atoms with van der Waals surface area (Å²) in [7, 11) is 0. The van der Waals surface area contributed by atoms with Crippen LogP contribution < -0.4 is 5.73 Å². The largest absolute Gasteiger partial charge is 0.337 e. The van der Waals surface area contributed by atoms with Crippen LogP contribution in [-0.4, -0.2) is 10.1 Å². The van der Waals surface area contributed by atoms with Crippen LogP contribution in [0.1, 0.15) is 38.5 Å². The molecule has 0 bridgehead atoms. The summed E-state index contributed by atoms with van der Waals surface area (Å²) in [5.41, 5.74) is 6.86. The Morgan fingerprint density at radius 3 is 2.55 bits per heavy atom. The minimum atomic E-state index is -0.468. The Morgan fingerprint density at radius 2 is 1.90 bits per heavy atom. The lowest BCUT2D eigenvalue weighted by Crippen LogP contribution is -2.40. The minimum absolute atomic E-state index is 0.468. The Bertz CT molecular complexity index is 585. The van der Waals surface area contributed by atoms with E-state index in [1.54, 1.807) is 0 Å². The lowest BCUT2D eigenvalue weighted by molar-refractivity contribution is 0.190. The third-order valence-corrected chi connectivity index (χ3v) is 4.37. The highest BCUT2D eigenvalue weighted by Gasteiger charge is 2.37. The fourth-order valence-corrected chi connectivity index (χ4v) is 2.76. The van der Waals surface area contributed by atoms with Crippen LogP contribution in [0.2, 0.25) is 5.02 Å². The first kappa shape index (κ1) is 13.6. The molecule has 0 unspecified atom stereocenters. The van der Waals surface area contributed by atoms with E-state index < -0.39 is 5.54 Å². The average molecular weight is 292 g/mol. The molecule has 1 aromatic heterocycles. The zero-order chi connectivity index (χ0) is 14.2. The highest BCUT2D eigenvalue weighted by Crippen LogP contribution is 2.37. The van der Waals surface area contributed by atoms with E-state index in [2.05, 4.69) is 17.1 Å². The number of halogens is 1. The van der Waals surface area contributed by atoms with Gasteiger partial charge < -0.3 is 10.3 Å². The van der Waals surface area contributed by atoms with Crippen LogP contribution in [-0.2, 0) is 5.54 Å². The van der Waals surface area contributed by atoms with Gasteiger partial charge >= 0.3 is 0 Å². The van der Waals surface area contributed by atoms with Gasteiger partial charge in [0.05, 0.1) is 5.54 Å². The maximum Gasteiger partial charge on any atom is 0.247 e. The summed E-state index contributed by atoms with van der Waals surface area (Å²) in [6.07, 6.45) is 4.01. The molecular weight excluding hydrogens is 274 g/mol. The monoisotopic (exact) mass is 291 g/mol. The Labute approximate surface area is 123 Å². The summed E-state index contributed by atoms with van der Waals surface area (Å²) in [6.45, 7) is 2.26. The normalized spacial score (nSPS) is 26.6. The van der Waals surface area contributed by atoms with E-state index in [1.807, 2.05) is 24.3 Å². The minimum Gasteiger partial charge on any atom is -0.337 e. The zero-order valence-electron chi connectivity index (χ0n) is 11.5. The van der Waals surface area contributed by atoms with Gasteiger partial charge in [-0.1, -0.05) is 23.7 Å². The first-order chi connectivity index (χ1) is 9.57. The summed E-state index contributed by atoms with van der Waals surface area (Å²) in [4.78, 5) is 4.48. The topological polar surface area (TPSA) is 64.9 Å². The maximum absolute atomic E-state index is 6.44. The highest BCUT2D eigenvalue weighted by atomic mass is 35.5. The van der Waals surface area contributed by atoms with Gasteiger partial charge in [0.1, 0.15) is 0 Å². The van der Waals surface area contributed by atoms with Gasteiger partial charge in [0, 0.05) is 10.6 Å². The number of nitrogens with two attached hydrogens (primary N) is 1. The first-order valence-electron chi connectivity index (χ1n) is 6.96. The predicted molar refractivity (Wildman–Crippen MR) is 78.2 cm³/mol. The van der Waals surface area contributed by atoms with Crippen LogP contribution in [0.4, 0.5) is 0 Å². The Kier molecular flexibility index (Phi) is 3.52. The molecule has 1 aromatic carbocycles. The van der Waals surface area contributed by atoms with Gasteiger partial charge in [-0.25, -0.2) is 0 Å². The van der Waals surface area contributed by atoms with Crippen LogP contribution in [0.5, 0.6) is 0 Å². The number of rotatable bonds is 2. The smallest absolute Gasteiger partial charge is 0.247 e. The van der Waals surface area contributed by atoms with Crippen molar-refractivity contribution in [2.45, 2.75) is 38.1 Å². The predicted octanol–water partition coefficient (Wildman–Crippen LogP) is 3.75. The number of nitrogens with zero attached hydrogens (tertiary/aromatic N) is 2. The van der Waals surface area contributed by atoms with Crippen molar-refractivity contribution in [1.29, 1.82) is 0 Å². The number of benzene rings is 1. The first-order valence-corrected chi connectivity index (χ1v) is 7.34. The Morgan fingerprint density at radius 1 is 1.25 bits per heavy atom. The molecule has 1 aliphatic rings. The van der Waals surface area contributed by atoms with Crippen molar-refractivity contribution in [1.82, 2.24) is 10.1 Å². The van der Waals surface area contributed by atoms with Gasteiger partial charge in [-0.15, -0.1) is 0 Å². The fraction of sp³-hybridized carbons (Fsp3) is 0.467. The molecule has 2 aromatic rings. The van der Waals surface area contributed by atoms with Gasteiger partial charge in [-0.05, 0) is 55.9 Å². The maximum atomic E-state index is 6.44. The second-order valence-electron chi connectivity index (χ2n) is 5.77. The second kappa shape index (κ2) is 5.19. The van der Waals surface area contributed by atoms with E-state index >= 15 is 0 Å². The summed E-state index contributed by atoms with van der Waals surface area (Å²) in [5, 5.41) is 4.74. The summed E-state index contributed by atoms with van der Waals surface area (Å²) in [6, 6.07) is 7.38. The third-order valence-electron chi connectivity index (χ3n) is 4.12. The van der Waals surface area contributed by atoms with Gasteiger partial charge in [0.25, 0.3) is 0 Å². The molecule has 20 heavy (non-hydrogen) atoms. The van der Waals surface area contributed by atoms with E-state index in [1.165, 1.54) is 0 Å². The second-order valence-corrected chi connectivity index (χ2v) is 6.21. The summed E-state index contributed by atoms with van der Waals surface area (Å²) >= 11 is 5.88. The van der Waals surface area contributed by atoms with Gasteiger partial charge in [0.2, 0.25) is 11.7 Å². The molecule has 106 valence electrons. The molecule has 4 nitrogen and oxygen atoms in total. The van der Waals surface area contributed by atoms with Gasteiger partial charge in [-0.3, -0.25) is 0 Å². The van der Waals surface area contributed by atoms with Crippen molar-refractivity contribution in [3.05, 3.63) is 35.2 Å². The molecule has 1 fully saturated rings. The molecule has 0 amide bonds. The molecule has 0 atom stereocenters. The van der Waals surface area contributed by atoms with Crippen LogP contribution >= 0.6 is 11.6 Å². The number of hydrogen-bond acceptors (Lipinski definition) is 4. The van der Waals surface area contributed by atoms with Crippen molar-refractivity contribution in [2.75, 3.05) is 0 Å². The molecule has 5 heteroatoms. The van der Waals surface area contributed by atoms with Crippen LogP contribution in [0, 0.1) is 5.92 Å². The molecule has 0 spiro atoms. The quantitative estimate of drug-likeness (QED) is 0.915. The zero-order valence-corrected chi connectivity index (χ0v) is 12.2. The molecule has 2 N–H and O–H groups in total. The van der Waals surface area contributed by atoms with Crippen LogP contribution in [0.25, 0.3) is 11.4 Å². The average Bonchev–Trinajstić information content (AvgIpc) is 2.94. The lowest BCUT2D eigenvalue weighted by Gasteiger charge is -2.32. The molecule has 0 radical (unpaired) electrons. The van der Waals surface area contributed by atoms with Crippen molar-refractivity contribution in [2.24, 2.45) is 11.7 Å². The molecule has 1 aliphatic carbocycles. The van der Waals surface area contributed by atoms with E-state index in [4.69, 9.17) is 21.9 Å². The van der Waals surface area contributed by atoms with Gasteiger partial charge in [-0.2, -0.15) is 4.98 Å². The SMILES string of the molecule is CC1CCC(N)(c2nc(-c3ccc(Cl)cc3)no2)CC1. The molecular formula is C15H18ClN3O. The fourth-order valence-electron chi connectivity index (χ4n) is 2.63. The van der Waals surface area contributed by atoms with E-state index in [9.17, 15) is 0 Å². The number of aromatic nitrogens is 2. The standard InChI is InChI=1S/C15H18ClN3O/c1-10-6-8-15(17,9-7-10)14-18-13(19-20-14)11-2-4-12(16)5-3-11/h2-5,10H,6-9,17H2,1H3.